The maximum absolute atomic E-state index is 12.7. The Bertz CT molecular complexity index is 993. The van der Waals surface area contributed by atoms with Gasteiger partial charge in [-0.25, -0.2) is 9.97 Å². The van der Waals surface area contributed by atoms with Gasteiger partial charge in [-0.1, -0.05) is 23.5 Å². The van der Waals surface area contributed by atoms with Gasteiger partial charge in [-0.05, 0) is 39.9 Å². The van der Waals surface area contributed by atoms with Crippen molar-refractivity contribution in [1.82, 2.24) is 30.0 Å². The molecular formula is C20H24N6OS. The number of hydrogen-bond donors (Lipinski definition) is 0. The lowest BCUT2D eigenvalue weighted by molar-refractivity contribution is -0.132. The average molecular weight is 397 g/mol. The van der Waals surface area contributed by atoms with Crippen molar-refractivity contribution < 1.29 is 4.79 Å². The second-order valence-electron chi connectivity index (χ2n) is 7.44. The Kier molecular flexibility index (Phi) is 5.32. The first kappa shape index (κ1) is 18.9. The normalized spacial score (nSPS) is 15.5. The zero-order valence-electron chi connectivity index (χ0n) is 16.4. The van der Waals surface area contributed by atoms with E-state index in [2.05, 4.69) is 39.2 Å². The molecule has 1 aliphatic heterocycles. The van der Waals surface area contributed by atoms with Gasteiger partial charge in [-0.3, -0.25) is 4.79 Å². The van der Waals surface area contributed by atoms with Crippen LogP contribution in [0.15, 0.2) is 24.4 Å². The number of benzene rings is 1. The van der Waals surface area contributed by atoms with Crippen LogP contribution >= 0.6 is 11.3 Å². The van der Waals surface area contributed by atoms with Gasteiger partial charge < -0.3 is 9.80 Å². The van der Waals surface area contributed by atoms with Crippen molar-refractivity contribution in [3.8, 4) is 10.6 Å². The highest BCUT2D eigenvalue weighted by molar-refractivity contribution is 7.14. The molecule has 2 aromatic heterocycles. The molecule has 0 aliphatic carbocycles. The van der Waals surface area contributed by atoms with Crippen molar-refractivity contribution >= 4 is 28.1 Å². The topological polar surface area (TPSA) is 75.1 Å². The standard InChI is InChI=1S/C20H24N6OS/c1-13-23-24-20(28-13)14-4-5-15-12-21-18(22-17(15)10-14)11-19(27)26-8-6-16(7-9-26)25(2)3/h4-5,10,12,16H,6-9,11H2,1-3H3. The summed E-state index contributed by atoms with van der Waals surface area (Å²) in [7, 11) is 4.20. The van der Waals surface area contributed by atoms with E-state index in [4.69, 9.17) is 0 Å². The number of aryl methyl sites for hydroxylation is 1. The molecule has 7 nitrogen and oxygen atoms in total. The Labute approximate surface area is 168 Å². The second kappa shape index (κ2) is 7.89. The fourth-order valence-corrected chi connectivity index (χ4v) is 4.26. The summed E-state index contributed by atoms with van der Waals surface area (Å²) in [6, 6.07) is 6.54. The lowest BCUT2D eigenvalue weighted by Crippen LogP contribution is -2.45. The highest BCUT2D eigenvalue weighted by Gasteiger charge is 2.24. The number of fused-ring (bicyclic) bond motifs is 1. The summed E-state index contributed by atoms with van der Waals surface area (Å²) < 4.78 is 0. The van der Waals surface area contributed by atoms with Crippen molar-refractivity contribution in [2.75, 3.05) is 27.2 Å². The van der Waals surface area contributed by atoms with Crippen molar-refractivity contribution in [3.05, 3.63) is 35.2 Å². The quantitative estimate of drug-likeness (QED) is 0.675. The minimum atomic E-state index is 0.104. The summed E-state index contributed by atoms with van der Waals surface area (Å²) in [6.45, 7) is 3.54. The van der Waals surface area contributed by atoms with Crippen LogP contribution in [0.1, 0.15) is 23.7 Å². The molecule has 1 aromatic carbocycles. The first-order valence-electron chi connectivity index (χ1n) is 9.50. The molecule has 8 heteroatoms. The fourth-order valence-electron chi connectivity index (χ4n) is 3.57. The summed E-state index contributed by atoms with van der Waals surface area (Å²) in [5.74, 6) is 0.672. The molecule has 0 N–H and O–H groups in total. The second-order valence-corrected chi connectivity index (χ2v) is 8.62. The third-order valence-corrected chi connectivity index (χ3v) is 6.15. The van der Waals surface area contributed by atoms with Crippen LogP contribution in [0, 0.1) is 6.92 Å². The molecule has 28 heavy (non-hydrogen) atoms. The third-order valence-electron chi connectivity index (χ3n) is 5.26. The zero-order chi connectivity index (χ0) is 19.7. The molecule has 0 spiro atoms. The molecule has 3 heterocycles. The van der Waals surface area contributed by atoms with Crippen LogP contribution in [0.25, 0.3) is 21.5 Å². The van der Waals surface area contributed by atoms with Gasteiger partial charge in [0, 0.05) is 36.3 Å². The van der Waals surface area contributed by atoms with E-state index < -0.39 is 0 Å². The zero-order valence-corrected chi connectivity index (χ0v) is 17.2. The van der Waals surface area contributed by atoms with Gasteiger partial charge >= 0.3 is 0 Å². The maximum atomic E-state index is 12.7. The molecule has 3 aromatic rings. The number of nitrogens with zero attached hydrogens (tertiary/aromatic N) is 6. The van der Waals surface area contributed by atoms with Crippen LogP contribution in [0.2, 0.25) is 0 Å². The van der Waals surface area contributed by atoms with Crippen molar-refractivity contribution in [1.29, 1.82) is 0 Å². The molecule has 4 rings (SSSR count). The van der Waals surface area contributed by atoms with Gasteiger partial charge in [0.25, 0.3) is 0 Å². The number of likely N-dealkylation sites (tertiary alicyclic amines) is 1. The van der Waals surface area contributed by atoms with E-state index in [1.165, 1.54) is 0 Å². The first-order valence-corrected chi connectivity index (χ1v) is 10.3. The number of carbonyl (C=O) groups excluding carboxylic acids is 1. The maximum Gasteiger partial charge on any atom is 0.230 e. The molecule has 0 saturated carbocycles. The number of piperidine rings is 1. The average Bonchev–Trinajstić information content (AvgIpc) is 3.14. The Hall–Kier alpha value is -2.45. The third kappa shape index (κ3) is 4.02. The molecular weight excluding hydrogens is 372 g/mol. The number of rotatable bonds is 4. The SMILES string of the molecule is Cc1nnc(-c2ccc3cnc(CC(=O)N4CCC(N(C)C)CC4)nc3c2)s1. The Morgan fingerprint density at radius 2 is 2.04 bits per heavy atom. The van der Waals surface area contributed by atoms with E-state index >= 15 is 0 Å². The van der Waals surface area contributed by atoms with Gasteiger partial charge in [0.2, 0.25) is 5.91 Å². The van der Waals surface area contributed by atoms with E-state index in [9.17, 15) is 4.79 Å². The van der Waals surface area contributed by atoms with Crippen LogP contribution in [-0.2, 0) is 11.2 Å². The summed E-state index contributed by atoms with van der Waals surface area (Å²) in [5, 5.41) is 11.0. The number of amides is 1. The molecule has 0 radical (unpaired) electrons. The van der Waals surface area contributed by atoms with Gasteiger partial charge in [-0.2, -0.15) is 0 Å². The lowest BCUT2D eigenvalue weighted by Gasteiger charge is -2.35. The monoisotopic (exact) mass is 396 g/mol. The molecule has 0 atom stereocenters. The van der Waals surface area contributed by atoms with Gasteiger partial charge in [0.15, 0.2) is 0 Å². The molecule has 1 amide bonds. The summed E-state index contributed by atoms with van der Waals surface area (Å²) in [6.07, 6.45) is 4.06. The molecule has 0 unspecified atom stereocenters. The summed E-state index contributed by atoms with van der Waals surface area (Å²) >= 11 is 1.56. The van der Waals surface area contributed by atoms with Crippen LogP contribution in [0.4, 0.5) is 0 Å². The van der Waals surface area contributed by atoms with Crippen molar-refractivity contribution in [2.45, 2.75) is 32.2 Å². The highest BCUT2D eigenvalue weighted by Crippen LogP contribution is 2.26. The first-order chi connectivity index (χ1) is 13.5. The minimum Gasteiger partial charge on any atom is -0.342 e. The molecule has 146 valence electrons. The molecule has 1 aliphatic rings. The van der Waals surface area contributed by atoms with Crippen LogP contribution < -0.4 is 0 Å². The van der Waals surface area contributed by atoms with Gasteiger partial charge in [0.05, 0.1) is 11.9 Å². The van der Waals surface area contributed by atoms with E-state index in [1.54, 1.807) is 17.5 Å². The fraction of sp³-hybridized carbons (Fsp3) is 0.450. The predicted octanol–water partition coefficient (Wildman–Crippen LogP) is 2.55. The number of hydrogen-bond acceptors (Lipinski definition) is 7. The predicted molar refractivity (Wildman–Crippen MR) is 110 cm³/mol. The van der Waals surface area contributed by atoms with E-state index in [0.29, 0.717) is 11.9 Å². The summed E-state index contributed by atoms with van der Waals surface area (Å²) in [4.78, 5) is 25.9. The van der Waals surface area contributed by atoms with Crippen LogP contribution in [0.3, 0.4) is 0 Å². The highest BCUT2D eigenvalue weighted by atomic mass is 32.1. The van der Waals surface area contributed by atoms with E-state index in [0.717, 1.165) is 52.4 Å². The van der Waals surface area contributed by atoms with Gasteiger partial charge in [0.1, 0.15) is 15.8 Å². The Morgan fingerprint density at radius 1 is 1.25 bits per heavy atom. The molecule has 1 fully saturated rings. The van der Waals surface area contributed by atoms with E-state index in [1.807, 2.05) is 30.0 Å². The van der Waals surface area contributed by atoms with E-state index in [-0.39, 0.29) is 12.3 Å². The largest absolute Gasteiger partial charge is 0.342 e. The van der Waals surface area contributed by atoms with Crippen molar-refractivity contribution in [3.63, 3.8) is 0 Å². The Balaban J connectivity index is 1.49. The van der Waals surface area contributed by atoms with Crippen LogP contribution in [-0.4, -0.2) is 69.1 Å². The van der Waals surface area contributed by atoms with Crippen molar-refractivity contribution in [2.24, 2.45) is 0 Å². The lowest BCUT2D eigenvalue weighted by atomic mass is 10.0. The molecule has 0 bridgehead atoms. The minimum absolute atomic E-state index is 0.104. The smallest absolute Gasteiger partial charge is 0.230 e. The van der Waals surface area contributed by atoms with Crippen LogP contribution in [0.5, 0.6) is 0 Å². The molecule has 1 saturated heterocycles. The number of carbonyl (C=O) groups is 1. The Morgan fingerprint density at radius 3 is 2.71 bits per heavy atom. The summed E-state index contributed by atoms with van der Waals surface area (Å²) in [5.41, 5.74) is 1.81. The number of aromatic nitrogens is 4. The van der Waals surface area contributed by atoms with Gasteiger partial charge in [-0.15, -0.1) is 10.2 Å².